The van der Waals surface area contributed by atoms with Gasteiger partial charge in [0, 0.05) is 24.8 Å². The van der Waals surface area contributed by atoms with Crippen molar-refractivity contribution in [1.82, 2.24) is 24.9 Å². The van der Waals surface area contributed by atoms with E-state index in [0.717, 1.165) is 37.6 Å². The van der Waals surface area contributed by atoms with Crippen molar-refractivity contribution in [2.45, 2.75) is 32.1 Å². The van der Waals surface area contributed by atoms with Gasteiger partial charge in [0.05, 0.1) is 11.9 Å². The first kappa shape index (κ1) is 18.4. The molecule has 5 rings (SSSR count). The van der Waals surface area contributed by atoms with Crippen molar-refractivity contribution >= 4 is 11.5 Å². The summed E-state index contributed by atoms with van der Waals surface area (Å²) in [5.74, 6) is 0.922. The van der Waals surface area contributed by atoms with Crippen LogP contribution in [0.1, 0.15) is 37.8 Å². The number of imidazole rings is 1. The second-order valence-corrected chi connectivity index (χ2v) is 8.11. The molecule has 3 aromatic rings. The topological polar surface area (TPSA) is 58.4 Å². The molecule has 2 aliphatic heterocycles. The number of aromatic nitrogens is 4. The third-order valence-electron chi connectivity index (χ3n) is 6.46. The van der Waals surface area contributed by atoms with Crippen LogP contribution in [-0.2, 0) is 0 Å². The van der Waals surface area contributed by atoms with Crippen LogP contribution in [0.25, 0.3) is 16.9 Å². The molecule has 0 unspecified atom stereocenters. The zero-order chi connectivity index (χ0) is 19.8. The number of fused-ring (bicyclic) bond motifs is 1. The van der Waals surface area contributed by atoms with Gasteiger partial charge in [0.2, 0.25) is 0 Å². The number of halogens is 2. The Morgan fingerprint density at radius 3 is 2.55 bits per heavy atom. The predicted molar refractivity (Wildman–Crippen MR) is 107 cm³/mol. The largest absolute Gasteiger partial charge is 0.357 e. The first-order chi connectivity index (χ1) is 14.1. The van der Waals surface area contributed by atoms with Gasteiger partial charge in [-0.2, -0.15) is 5.10 Å². The van der Waals surface area contributed by atoms with E-state index in [1.54, 1.807) is 18.5 Å². The molecule has 0 amide bonds. The highest BCUT2D eigenvalue weighted by Gasteiger charge is 2.35. The Labute approximate surface area is 168 Å². The molecule has 0 bridgehead atoms. The molecule has 3 aromatic heterocycles. The van der Waals surface area contributed by atoms with Gasteiger partial charge >= 0.3 is 0 Å². The van der Waals surface area contributed by atoms with Crippen LogP contribution in [-0.4, -0.2) is 45.8 Å². The fourth-order valence-electron chi connectivity index (χ4n) is 4.62. The number of nitrogens with zero attached hydrogens (tertiary/aromatic N) is 5. The second-order valence-electron chi connectivity index (χ2n) is 8.11. The Morgan fingerprint density at radius 2 is 1.79 bits per heavy atom. The van der Waals surface area contributed by atoms with E-state index in [1.807, 2.05) is 12.1 Å². The van der Waals surface area contributed by atoms with E-state index in [2.05, 4.69) is 25.3 Å². The van der Waals surface area contributed by atoms with Gasteiger partial charge in [-0.3, -0.25) is 0 Å². The number of hydrogen-bond acceptors (Lipinski definition) is 5. The Kier molecular flexibility index (Phi) is 4.66. The third-order valence-corrected chi connectivity index (χ3v) is 6.46. The number of pyridine rings is 1. The van der Waals surface area contributed by atoms with Gasteiger partial charge in [-0.05, 0) is 68.5 Å². The van der Waals surface area contributed by atoms with Crippen LogP contribution in [0.3, 0.4) is 0 Å². The minimum absolute atomic E-state index is 0.255. The molecule has 1 spiro atoms. The maximum absolute atomic E-state index is 13.1. The molecule has 2 fully saturated rings. The molecule has 8 heteroatoms. The summed E-state index contributed by atoms with van der Waals surface area (Å²) in [6.45, 7) is 4.24. The summed E-state index contributed by atoms with van der Waals surface area (Å²) >= 11 is 0. The van der Waals surface area contributed by atoms with Gasteiger partial charge in [-0.25, -0.2) is 23.3 Å². The number of alkyl halides is 2. The van der Waals surface area contributed by atoms with Crippen molar-refractivity contribution in [2.24, 2.45) is 5.41 Å². The SMILES string of the molecule is FC(F)c1ccc2ncc(-c3ccnc(N4CCC5(CCNCC5)CC4)c3)n2n1. The van der Waals surface area contributed by atoms with E-state index in [9.17, 15) is 8.78 Å². The highest BCUT2D eigenvalue weighted by molar-refractivity contribution is 5.66. The van der Waals surface area contributed by atoms with Crippen LogP contribution in [0.15, 0.2) is 36.7 Å². The van der Waals surface area contributed by atoms with E-state index < -0.39 is 6.43 Å². The molecule has 0 radical (unpaired) electrons. The highest BCUT2D eigenvalue weighted by Crippen LogP contribution is 2.40. The molecule has 29 heavy (non-hydrogen) atoms. The maximum atomic E-state index is 13.1. The van der Waals surface area contributed by atoms with E-state index in [0.29, 0.717) is 16.8 Å². The van der Waals surface area contributed by atoms with Gasteiger partial charge in [0.1, 0.15) is 11.5 Å². The Morgan fingerprint density at radius 1 is 1.00 bits per heavy atom. The standard InChI is InChI=1S/C21H24F2N6/c22-20(23)16-1-2-18-26-14-17(29(18)27-16)15-3-8-25-19(13-15)28-11-6-21(7-12-28)4-9-24-10-5-21/h1-3,8,13-14,20,24H,4-7,9-12H2. The molecule has 0 aliphatic carbocycles. The lowest BCUT2D eigenvalue weighted by atomic mass is 9.71. The molecule has 2 saturated heterocycles. The number of piperidine rings is 2. The molecule has 1 N–H and O–H groups in total. The van der Waals surface area contributed by atoms with Crippen molar-refractivity contribution in [3.05, 3.63) is 42.4 Å². The molecule has 0 aromatic carbocycles. The average Bonchev–Trinajstić information content (AvgIpc) is 3.18. The summed E-state index contributed by atoms with van der Waals surface area (Å²) in [6, 6.07) is 6.78. The summed E-state index contributed by atoms with van der Waals surface area (Å²) in [5.41, 5.74) is 2.35. The van der Waals surface area contributed by atoms with E-state index in [4.69, 9.17) is 0 Å². The Bertz CT molecular complexity index is 1000. The average molecular weight is 398 g/mol. The van der Waals surface area contributed by atoms with Crippen molar-refractivity contribution in [3.8, 4) is 11.3 Å². The lowest BCUT2D eigenvalue weighted by molar-refractivity contribution is 0.144. The highest BCUT2D eigenvalue weighted by atomic mass is 19.3. The molecule has 0 atom stereocenters. The van der Waals surface area contributed by atoms with Crippen LogP contribution in [0.5, 0.6) is 0 Å². The summed E-state index contributed by atoms with van der Waals surface area (Å²) in [5, 5.41) is 7.54. The summed E-state index contributed by atoms with van der Waals surface area (Å²) in [6.07, 6.45) is 5.73. The fraction of sp³-hybridized carbons (Fsp3) is 0.476. The lowest BCUT2D eigenvalue weighted by Gasteiger charge is -2.44. The summed E-state index contributed by atoms with van der Waals surface area (Å²) < 4.78 is 27.6. The zero-order valence-corrected chi connectivity index (χ0v) is 16.2. The number of hydrogen-bond donors (Lipinski definition) is 1. The number of nitrogens with one attached hydrogen (secondary N) is 1. The van der Waals surface area contributed by atoms with E-state index >= 15 is 0 Å². The lowest BCUT2D eigenvalue weighted by Crippen LogP contribution is -2.45. The quantitative estimate of drug-likeness (QED) is 0.729. The summed E-state index contributed by atoms with van der Waals surface area (Å²) in [4.78, 5) is 11.2. The van der Waals surface area contributed by atoms with Gasteiger partial charge in [0.25, 0.3) is 6.43 Å². The minimum Gasteiger partial charge on any atom is -0.357 e. The smallest absolute Gasteiger partial charge is 0.282 e. The maximum Gasteiger partial charge on any atom is 0.282 e. The zero-order valence-electron chi connectivity index (χ0n) is 16.2. The number of rotatable bonds is 3. The third kappa shape index (κ3) is 3.46. The minimum atomic E-state index is -2.61. The molecular formula is C21H24F2N6. The predicted octanol–water partition coefficient (Wildman–Crippen LogP) is 3.70. The van der Waals surface area contributed by atoms with Crippen molar-refractivity contribution in [3.63, 3.8) is 0 Å². The monoisotopic (exact) mass is 398 g/mol. The summed E-state index contributed by atoms with van der Waals surface area (Å²) in [7, 11) is 0. The van der Waals surface area contributed by atoms with Crippen molar-refractivity contribution < 1.29 is 8.78 Å². The normalized spacial score (nSPS) is 19.3. The van der Waals surface area contributed by atoms with Gasteiger partial charge in [-0.15, -0.1) is 0 Å². The van der Waals surface area contributed by atoms with Crippen LogP contribution in [0, 0.1) is 5.41 Å². The van der Waals surface area contributed by atoms with Crippen LogP contribution in [0.2, 0.25) is 0 Å². The van der Waals surface area contributed by atoms with Gasteiger partial charge in [-0.1, -0.05) is 0 Å². The molecular weight excluding hydrogens is 374 g/mol. The molecule has 5 heterocycles. The van der Waals surface area contributed by atoms with Crippen molar-refractivity contribution in [2.75, 3.05) is 31.1 Å². The van der Waals surface area contributed by atoms with Crippen LogP contribution >= 0.6 is 0 Å². The Hall–Kier alpha value is -2.61. The van der Waals surface area contributed by atoms with Crippen LogP contribution in [0.4, 0.5) is 14.6 Å². The fourth-order valence-corrected chi connectivity index (χ4v) is 4.62. The molecule has 2 aliphatic rings. The van der Waals surface area contributed by atoms with Gasteiger partial charge < -0.3 is 10.2 Å². The van der Waals surface area contributed by atoms with Gasteiger partial charge in [0.15, 0.2) is 5.65 Å². The molecule has 152 valence electrons. The molecule has 6 nitrogen and oxygen atoms in total. The van der Waals surface area contributed by atoms with E-state index in [-0.39, 0.29) is 5.69 Å². The van der Waals surface area contributed by atoms with E-state index in [1.165, 1.54) is 36.3 Å². The van der Waals surface area contributed by atoms with Crippen molar-refractivity contribution in [1.29, 1.82) is 0 Å². The first-order valence-electron chi connectivity index (χ1n) is 10.2. The first-order valence-corrected chi connectivity index (χ1v) is 10.2. The Balaban J connectivity index is 1.41. The van der Waals surface area contributed by atoms with Crippen LogP contribution < -0.4 is 10.2 Å². The number of anilines is 1. The second kappa shape index (κ2) is 7.33. The molecule has 0 saturated carbocycles.